The Morgan fingerprint density at radius 1 is 0.435 bits per heavy atom. The summed E-state index contributed by atoms with van der Waals surface area (Å²) < 4.78 is 27.0. The van der Waals surface area contributed by atoms with Crippen molar-refractivity contribution in [1.82, 2.24) is 5.32 Å². The SMILES string of the molecule is CCCCCCCCCCCCCCCCCCCCCCCCCCC(=O)OCC(O)COP(=O)(O)OCCNC(=O)CCCCCCCCCCCCCCCCCCC. The molecule has 0 radical (unpaired) electrons. The summed E-state index contributed by atoms with van der Waals surface area (Å²) in [6.45, 7) is 3.63. The van der Waals surface area contributed by atoms with Gasteiger partial charge in [-0.1, -0.05) is 264 Å². The lowest BCUT2D eigenvalue weighted by Crippen LogP contribution is -2.27. The Labute approximate surface area is 384 Å². The van der Waals surface area contributed by atoms with Crippen molar-refractivity contribution in [3.63, 3.8) is 0 Å². The fourth-order valence-corrected chi connectivity index (χ4v) is 8.97. The number of ether oxygens (including phenoxy) is 1. The molecule has 0 heterocycles. The van der Waals surface area contributed by atoms with E-state index < -0.39 is 26.5 Å². The molecule has 0 fully saturated rings. The molecule has 0 saturated heterocycles. The van der Waals surface area contributed by atoms with Crippen molar-refractivity contribution in [1.29, 1.82) is 0 Å². The Morgan fingerprint density at radius 3 is 1.05 bits per heavy atom. The van der Waals surface area contributed by atoms with Gasteiger partial charge in [0, 0.05) is 19.4 Å². The quantitative estimate of drug-likeness (QED) is 0.0312. The third-order valence-corrected chi connectivity index (χ3v) is 13.3. The number of unbranched alkanes of at least 4 members (excludes halogenated alkanes) is 39. The third kappa shape index (κ3) is 50.0. The van der Waals surface area contributed by atoms with Crippen molar-refractivity contribution in [2.75, 3.05) is 26.4 Å². The van der Waals surface area contributed by atoms with Crippen LogP contribution in [-0.2, 0) is 27.9 Å². The molecule has 0 spiro atoms. The van der Waals surface area contributed by atoms with Gasteiger partial charge in [-0.25, -0.2) is 4.57 Å². The van der Waals surface area contributed by atoms with Crippen molar-refractivity contribution in [2.24, 2.45) is 0 Å². The molecule has 0 aromatic heterocycles. The first-order valence-electron chi connectivity index (χ1n) is 27.0. The predicted octanol–water partition coefficient (Wildman–Crippen LogP) is 16.0. The maximum Gasteiger partial charge on any atom is 0.472 e. The van der Waals surface area contributed by atoms with Crippen molar-refractivity contribution < 1.29 is 37.9 Å². The Balaban J connectivity index is 3.48. The number of hydrogen-bond acceptors (Lipinski definition) is 7. The molecule has 0 saturated carbocycles. The molecule has 10 heteroatoms. The van der Waals surface area contributed by atoms with Crippen molar-refractivity contribution in [3.8, 4) is 0 Å². The minimum Gasteiger partial charge on any atom is -0.463 e. The summed E-state index contributed by atoms with van der Waals surface area (Å²) in [5.41, 5.74) is 0. The number of aliphatic hydroxyl groups is 1. The summed E-state index contributed by atoms with van der Waals surface area (Å²) in [6, 6.07) is 0. The normalized spacial score (nSPS) is 13.0. The number of amides is 1. The van der Waals surface area contributed by atoms with E-state index >= 15 is 0 Å². The van der Waals surface area contributed by atoms with Crippen LogP contribution in [0.4, 0.5) is 0 Å². The molecule has 2 unspecified atom stereocenters. The molecular weight excluding hydrogens is 798 g/mol. The van der Waals surface area contributed by atoms with Gasteiger partial charge in [-0.2, -0.15) is 0 Å². The van der Waals surface area contributed by atoms with Gasteiger partial charge >= 0.3 is 13.8 Å². The number of phosphoric ester groups is 1. The van der Waals surface area contributed by atoms with E-state index in [-0.39, 0.29) is 25.7 Å². The van der Waals surface area contributed by atoms with E-state index in [1.54, 1.807) is 0 Å². The van der Waals surface area contributed by atoms with E-state index in [0.717, 1.165) is 38.5 Å². The topological polar surface area (TPSA) is 131 Å². The van der Waals surface area contributed by atoms with Crippen LogP contribution in [0.1, 0.15) is 290 Å². The number of rotatable bonds is 52. The number of hydrogen-bond donors (Lipinski definition) is 3. The fraction of sp³-hybridized carbons (Fsp3) is 0.962. The minimum absolute atomic E-state index is 0.0888. The first-order chi connectivity index (χ1) is 30.3. The molecule has 9 nitrogen and oxygen atoms in total. The van der Waals surface area contributed by atoms with Gasteiger partial charge in [0.2, 0.25) is 5.91 Å². The minimum atomic E-state index is -4.41. The number of esters is 1. The number of aliphatic hydroxyl groups excluding tert-OH is 1. The molecule has 62 heavy (non-hydrogen) atoms. The Kier molecular flexibility index (Phi) is 48.7. The van der Waals surface area contributed by atoms with Gasteiger partial charge in [0.1, 0.15) is 12.7 Å². The lowest BCUT2D eigenvalue weighted by Gasteiger charge is -2.15. The fourth-order valence-electron chi connectivity index (χ4n) is 8.21. The molecule has 2 atom stereocenters. The van der Waals surface area contributed by atoms with Gasteiger partial charge in [0.15, 0.2) is 0 Å². The van der Waals surface area contributed by atoms with Gasteiger partial charge in [-0.05, 0) is 12.8 Å². The van der Waals surface area contributed by atoms with Crippen LogP contribution in [0.2, 0.25) is 0 Å². The number of nitrogens with one attached hydrogen (secondary N) is 1. The standard InChI is InChI=1S/C52H104NO8P/c1-3-5-7-9-11-13-15-17-19-21-22-23-24-25-26-27-29-31-33-35-37-39-41-43-45-52(56)59-48-50(54)49-61-62(57,58)60-47-46-53-51(55)44-42-40-38-36-34-32-30-28-20-18-16-14-12-10-8-6-4-2/h50,54H,3-49H2,1-2H3,(H,53,55)(H,57,58). The predicted molar refractivity (Wildman–Crippen MR) is 262 cm³/mol. The third-order valence-electron chi connectivity index (χ3n) is 12.3. The molecule has 0 aliphatic carbocycles. The van der Waals surface area contributed by atoms with Crippen LogP contribution >= 0.6 is 7.82 Å². The molecule has 0 rings (SSSR count). The zero-order chi connectivity index (χ0) is 45.3. The Bertz CT molecular complexity index is 984. The highest BCUT2D eigenvalue weighted by Crippen LogP contribution is 2.42. The van der Waals surface area contributed by atoms with Crippen LogP contribution in [0.15, 0.2) is 0 Å². The van der Waals surface area contributed by atoms with E-state index in [2.05, 4.69) is 19.2 Å². The highest BCUT2D eigenvalue weighted by molar-refractivity contribution is 7.47. The molecule has 0 aromatic rings. The zero-order valence-corrected chi connectivity index (χ0v) is 42.0. The molecule has 370 valence electrons. The van der Waals surface area contributed by atoms with E-state index in [1.807, 2.05) is 0 Å². The van der Waals surface area contributed by atoms with Crippen LogP contribution in [0, 0.1) is 0 Å². The summed E-state index contributed by atoms with van der Waals surface area (Å²) in [6.07, 6.45) is 53.4. The van der Waals surface area contributed by atoms with Gasteiger partial charge in [0.25, 0.3) is 0 Å². The molecule has 1 amide bonds. The lowest BCUT2D eigenvalue weighted by molar-refractivity contribution is -0.147. The Hall–Kier alpha value is -0.990. The molecule has 0 aromatic carbocycles. The highest BCUT2D eigenvalue weighted by atomic mass is 31.2. The first-order valence-corrected chi connectivity index (χ1v) is 28.5. The van der Waals surface area contributed by atoms with Crippen LogP contribution in [0.3, 0.4) is 0 Å². The average molecular weight is 902 g/mol. The molecular formula is C52H104NO8P. The molecule has 3 N–H and O–H groups in total. The van der Waals surface area contributed by atoms with Crippen molar-refractivity contribution in [2.45, 2.75) is 296 Å². The van der Waals surface area contributed by atoms with E-state index in [1.165, 1.54) is 225 Å². The summed E-state index contributed by atoms with van der Waals surface area (Å²) in [7, 11) is -4.41. The maximum atomic E-state index is 12.2. The van der Waals surface area contributed by atoms with E-state index in [0.29, 0.717) is 12.8 Å². The smallest absolute Gasteiger partial charge is 0.463 e. The molecule has 0 bridgehead atoms. The highest BCUT2D eigenvalue weighted by Gasteiger charge is 2.23. The van der Waals surface area contributed by atoms with Crippen LogP contribution in [-0.4, -0.2) is 54.3 Å². The van der Waals surface area contributed by atoms with Crippen LogP contribution in [0.5, 0.6) is 0 Å². The van der Waals surface area contributed by atoms with E-state index in [9.17, 15) is 24.2 Å². The average Bonchev–Trinajstić information content (AvgIpc) is 3.26. The van der Waals surface area contributed by atoms with Crippen LogP contribution in [0.25, 0.3) is 0 Å². The largest absolute Gasteiger partial charge is 0.472 e. The molecule has 0 aliphatic rings. The van der Waals surface area contributed by atoms with E-state index in [4.69, 9.17) is 13.8 Å². The first kappa shape index (κ1) is 61.0. The Morgan fingerprint density at radius 2 is 0.726 bits per heavy atom. The molecule has 0 aliphatic heterocycles. The van der Waals surface area contributed by atoms with Crippen molar-refractivity contribution in [3.05, 3.63) is 0 Å². The van der Waals surface area contributed by atoms with Crippen molar-refractivity contribution >= 4 is 19.7 Å². The van der Waals surface area contributed by atoms with Gasteiger partial charge < -0.3 is 20.1 Å². The maximum absolute atomic E-state index is 12.2. The van der Waals surface area contributed by atoms with Crippen LogP contribution < -0.4 is 5.32 Å². The second-order valence-electron chi connectivity index (χ2n) is 18.6. The number of phosphoric acid groups is 1. The second kappa shape index (κ2) is 49.4. The summed E-state index contributed by atoms with van der Waals surface area (Å²) >= 11 is 0. The number of carbonyl (C=O) groups is 2. The lowest BCUT2D eigenvalue weighted by atomic mass is 10.0. The summed E-state index contributed by atoms with van der Waals surface area (Å²) in [4.78, 5) is 34.1. The summed E-state index contributed by atoms with van der Waals surface area (Å²) in [5, 5.41) is 12.8. The van der Waals surface area contributed by atoms with Gasteiger partial charge in [0.05, 0.1) is 13.2 Å². The zero-order valence-electron chi connectivity index (χ0n) is 41.1. The summed E-state index contributed by atoms with van der Waals surface area (Å²) in [5.74, 6) is -0.497. The van der Waals surface area contributed by atoms with Gasteiger partial charge in [-0.15, -0.1) is 0 Å². The monoisotopic (exact) mass is 902 g/mol. The van der Waals surface area contributed by atoms with Gasteiger partial charge in [-0.3, -0.25) is 18.6 Å². The second-order valence-corrected chi connectivity index (χ2v) is 20.0. The number of carbonyl (C=O) groups excluding carboxylic acids is 2.